The first-order valence-corrected chi connectivity index (χ1v) is 14.8. The second kappa shape index (κ2) is 10.3. The summed E-state index contributed by atoms with van der Waals surface area (Å²) in [6, 6.07) is 38.9. The molecule has 44 heavy (non-hydrogen) atoms. The summed E-state index contributed by atoms with van der Waals surface area (Å²) in [5, 5.41) is 1.74. The van der Waals surface area contributed by atoms with E-state index in [1.54, 1.807) is 6.07 Å². The van der Waals surface area contributed by atoms with Crippen LogP contribution >= 0.6 is 0 Å². The molecule has 0 radical (unpaired) electrons. The number of amides is 2. The maximum Gasteiger partial charge on any atom is 0.330 e. The van der Waals surface area contributed by atoms with Gasteiger partial charge < -0.3 is 9.64 Å². The lowest BCUT2D eigenvalue weighted by Crippen LogP contribution is -2.45. The van der Waals surface area contributed by atoms with Gasteiger partial charge in [0.25, 0.3) is 0 Å². The van der Waals surface area contributed by atoms with Crippen LogP contribution in [0.3, 0.4) is 0 Å². The standard InChI is InChI=1S/C38H28N2O4/c41-36-31-32(37(42)40(36)30-21-11-18-24-12-7-9-19-28(24)30)34(39-23-22-25-13-8-10-20-29(25)33(31)39)38(43)44-35(26-14-3-1-4-15-26)27-16-5-2-6-17-27/h1-23,31-35H/t31-,32-,33+,34+/m1/s1. The van der Waals surface area contributed by atoms with Crippen molar-refractivity contribution in [3.63, 3.8) is 0 Å². The molecule has 8 rings (SSSR count). The molecule has 0 spiro atoms. The molecule has 0 unspecified atom stereocenters. The average molecular weight is 577 g/mol. The summed E-state index contributed by atoms with van der Waals surface area (Å²) >= 11 is 0. The Balaban J connectivity index is 1.24. The zero-order valence-electron chi connectivity index (χ0n) is 23.7. The minimum absolute atomic E-state index is 0.297. The van der Waals surface area contributed by atoms with E-state index in [2.05, 4.69) is 0 Å². The molecule has 6 nitrogen and oxygen atoms in total. The Kier molecular flexibility index (Phi) is 6.15. The summed E-state index contributed by atoms with van der Waals surface area (Å²) < 4.78 is 6.35. The number of esters is 1. The van der Waals surface area contributed by atoms with Crippen molar-refractivity contribution in [3.05, 3.63) is 156 Å². The molecule has 214 valence electrons. The molecule has 5 aromatic carbocycles. The third kappa shape index (κ3) is 3.98. The molecular formula is C38H28N2O4. The minimum Gasteiger partial charge on any atom is -0.451 e. The van der Waals surface area contributed by atoms with Gasteiger partial charge in [-0.25, -0.2) is 9.69 Å². The lowest BCUT2D eigenvalue weighted by Gasteiger charge is -2.35. The lowest BCUT2D eigenvalue weighted by atomic mass is 9.84. The van der Waals surface area contributed by atoms with E-state index >= 15 is 0 Å². The number of nitrogens with zero attached hydrogens (tertiary/aromatic N) is 2. The fourth-order valence-electron chi connectivity index (χ4n) is 7.24. The van der Waals surface area contributed by atoms with E-state index in [4.69, 9.17) is 4.74 Å². The fraction of sp³-hybridized carbons (Fsp3) is 0.132. The predicted molar refractivity (Wildman–Crippen MR) is 168 cm³/mol. The van der Waals surface area contributed by atoms with Crippen molar-refractivity contribution in [2.24, 2.45) is 11.8 Å². The normalized spacial score (nSPS) is 21.8. The Hall–Kier alpha value is -5.49. The Labute approximate surface area is 254 Å². The number of carbonyl (C=O) groups is 3. The smallest absolute Gasteiger partial charge is 0.330 e. The summed E-state index contributed by atoms with van der Waals surface area (Å²) in [6.07, 6.45) is 3.11. The van der Waals surface area contributed by atoms with Crippen LogP contribution < -0.4 is 4.90 Å². The van der Waals surface area contributed by atoms with E-state index in [9.17, 15) is 14.4 Å². The van der Waals surface area contributed by atoms with Crippen LogP contribution in [0.4, 0.5) is 5.69 Å². The first-order valence-electron chi connectivity index (χ1n) is 14.8. The van der Waals surface area contributed by atoms with Gasteiger partial charge in [0.2, 0.25) is 11.8 Å². The highest BCUT2D eigenvalue weighted by atomic mass is 16.5. The minimum atomic E-state index is -0.985. The van der Waals surface area contributed by atoms with Gasteiger partial charge in [0.15, 0.2) is 6.10 Å². The fourth-order valence-corrected chi connectivity index (χ4v) is 7.24. The molecule has 0 N–H and O–H groups in total. The molecular weight excluding hydrogens is 548 g/mol. The van der Waals surface area contributed by atoms with Gasteiger partial charge in [0, 0.05) is 11.6 Å². The van der Waals surface area contributed by atoms with Crippen molar-refractivity contribution < 1.29 is 19.1 Å². The van der Waals surface area contributed by atoms with Gasteiger partial charge in [-0.05, 0) is 39.8 Å². The topological polar surface area (TPSA) is 66.9 Å². The summed E-state index contributed by atoms with van der Waals surface area (Å²) in [7, 11) is 0. The number of benzene rings is 5. The molecule has 4 atom stereocenters. The molecule has 2 fully saturated rings. The second-order valence-electron chi connectivity index (χ2n) is 11.5. The van der Waals surface area contributed by atoms with Crippen molar-refractivity contribution in [2.75, 3.05) is 4.90 Å². The van der Waals surface area contributed by atoms with Crippen LogP contribution in [-0.2, 0) is 19.1 Å². The Morgan fingerprint density at radius 3 is 2.02 bits per heavy atom. The quantitative estimate of drug-likeness (QED) is 0.172. The highest BCUT2D eigenvalue weighted by Crippen LogP contribution is 2.54. The third-order valence-corrected chi connectivity index (χ3v) is 9.15. The molecule has 3 aliphatic rings. The van der Waals surface area contributed by atoms with E-state index in [1.807, 2.05) is 139 Å². The van der Waals surface area contributed by atoms with Gasteiger partial charge in [0.1, 0.15) is 6.04 Å². The highest BCUT2D eigenvalue weighted by Gasteiger charge is 2.65. The van der Waals surface area contributed by atoms with Crippen molar-refractivity contribution in [1.82, 2.24) is 4.90 Å². The average Bonchev–Trinajstić information content (AvgIpc) is 3.56. The lowest BCUT2D eigenvalue weighted by molar-refractivity contribution is -0.155. The SMILES string of the molecule is O=C(OC(c1ccccc1)c1ccccc1)[C@@H]1[C@@H]2C(=O)N(c3cccc4ccccc34)C(=O)[C@H]2[C@@H]2c3ccccc3C=CN12. The number of rotatable bonds is 5. The molecule has 5 aromatic rings. The van der Waals surface area contributed by atoms with Crippen molar-refractivity contribution in [1.29, 1.82) is 0 Å². The first kappa shape index (κ1) is 26.2. The van der Waals surface area contributed by atoms with E-state index in [0.29, 0.717) is 5.69 Å². The van der Waals surface area contributed by atoms with Crippen LogP contribution in [0, 0.1) is 11.8 Å². The molecule has 3 heterocycles. The van der Waals surface area contributed by atoms with Crippen LogP contribution in [0.15, 0.2) is 134 Å². The number of fused-ring (bicyclic) bond motifs is 6. The van der Waals surface area contributed by atoms with Gasteiger partial charge in [-0.3, -0.25) is 9.59 Å². The number of anilines is 1. The summed E-state index contributed by atoms with van der Waals surface area (Å²) in [4.78, 5) is 46.6. The number of hydrogen-bond donors (Lipinski definition) is 0. The Morgan fingerprint density at radius 1 is 0.659 bits per heavy atom. The largest absolute Gasteiger partial charge is 0.451 e. The van der Waals surface area contributed by atoms with E-state index < -0.39 is 36.0 Å². The van der Waals surface area contributed by atoms with Crippen molar-refractivity contribution in [2.45, 2.75) is 18.2 Å². The second-order valence-corrected chi connectivity index (χ2v) is 11.5. The van der Waals surface area contributed by atoms with Crippen LogP contribution in [0.2, 0.25) is 0 Å². The molecule has 0 aliphatic carbocycles. The van der Waals surface area contributed by atoms with Gasteiger partial charge >= 0.3 is 5.97 Å². The number of carbonyl (C=O) groups excluding carboxylic acids is 3. The van der Waals surface area contributed by atoms with Crippen molar-refractivity contribution in [3.8, 4) is 0 Å². The highest BCUT2D eigenvalue weighted by molar-refractivity contribution is 6.26. The van der Waals surface area contributed by atoms with Gasteiger partial charge in [-0.1, -0.05) is 121 Å². The molecule has 3 aliphatic heterocycles. The maximum atomic E-state index is 14.5. The van der Waals surface area contributed by atoms with Crippen LogP contribution in [-0.4, -0.2) is 28.7 Å². The number of ether oxygens (including phenoxy) is 1. The Morgan fingerprint density at radius 2 is 1.27 bits per heavy atom. The summed E-state index contributed by atoms with van der Waals surface area (Å²) in [6.45, 7) is 0. The van der Waals surface area contributed by atoms with Gasteiger partial charge in [0.05, 0.1) is 23.6 Å². The monoisotopic (exact) mass is 576 g/mol. The van der Waals surface area contributed by atoms with Crippen LogP contribution in [0.1, 0.15) is 34.4 Å². The van der Waals surface area contributed by atoms with E-state index in [-0.39, 0.29) is 11.8 Å². The van der Waals surface area contributed by atoms with Crippen LogP contribution in [0.5, 0.6) is 0 Å². The summed E-state index contributed by atoms with van der Waals surface area (Å²) in [5.41, 5.74) is 4.07. The molecule has 6 heteroatoms. The zero-order valence-corrected chi connectivity index (χ0v) is 23.7. The number of hydrogen-bond acceptors (Lipinski definition) is 5. The predicted octanol–water partition coefficient (Wildman–Crippen LogP) is 6.69. The molecule has 0 bridgehead atoms. The van der Waals surface area contributed by atoms with Gasteiger partial charge in [-0.2, -0.15) is 0 Å². The number of imide groups is 1. The van der Waals surface area contributed by atoms with Crippen LogP contribution in [0.25, 0.3) is 16.8 Å². The van der Waals surface area contributed by atoms with E-state index in [1.165, 1.54) is 4.90 Å². The molecule has 2 amide bonds. The van der Waals surface area contributed by atoms with Crippen molar-refractivity contribution >= 4 is 40.3 Å². The van der Waals surface area contributed by atoms with Gasteiger partial charge in [-0.15, -0.1) is 0 Å². The maximum absolute atomic E-state index is 14.5. The molecule has 0 saturated carbocycles. The molecule has 0 aromatic heterocycles. The molecule has 2 saturated heterocycles. The Bertz CT molecular complexity index is 1910. The third-order valence-electron chi connectivity index (χ3n) is 9.15. The zero-order chi connectivity index (χ0) is 29.8. The summed E-state index contributed by atoms with van der Waals surface area (Å²) in [5.74, 6) is -2.88. The first-order chi connectivity index (χ1) is 21.6. The van der Waals surface area contributed by atoms with E-state index in [0.717, 1.165) is 33.0 Å².